The number of rotatable bonds is 3. The maximum Gasteiger partial charge on any atom is 0.228 e. The van der Waals surface area contributed by atoms with Crippen molar-refractivity contribution in [1.29, 1.82) is 0 Å². The van der Waals surface area contributed by atoms with Crippen LogP contribution >= 0.6 is 22.6 Å². The van der Waals surface area contributed by atoms with E-state index in [1.807, 2.05) is 19.1 Å². The molecule has 4 nitrogen and oxygen atoms in total. The molecule has 5 heteroatoms. The van der Waals surface area contributed by atoms with Crippen LogP contribution in [0.3, 0.4) is 0 Å². The molecule has 0 saturated carbocycles. The second-order valence-corrected chi connectivity index (χ2v) is 5.31. The first kappa shape index (κ1) is 12.8. The number of pyridine rings is 1. The lowest BCUT2D eigenvalue weighted by Crippen LogP contribution is -2.19. The minimum Gasteiger partial charge on any atom is -0.378 e. The number of aryl methyl sites for hydroxylation is 1. The van der Waals surface area contributed by atoms with E-state index in [9.17, 15) is 4.79 Å². The van der Waals surface area contributed by atoms with Crippen LogP contribution in [0.2, 0.25) is 0 Å². The molecule has 0 unspecified atom stereocenters. The minimum absolute atomic E-state index is 0.0231. The number of halogens is 1. The van der Waals surface area contributed by atoms with Crippen LogP contribution in [-0.2, 0) is 9.53 Å². The van der Waals surface area contributed by atoms with E-state index in [1.54, 1.807) is 0 Å². The summed E-state index contributed by atoms with van der Waals surface area (Å²) in [6, 6.07) is 3.77. The third kappa shape index (κ3) is 3.64. The van der Waals surface area contributed by atoms with E-state index < -0.39 is 0 Å². The molecule has 1 saturated heterocycles. The van der Waals surface area contributed by atoms with Crippen molar-refractivity contribution in [2.24, 2.45) is 0 Å². The second-order valence-electron chi connectivity index (χ2n) is 4.15. The lowest BCUT2D eigenvalue weighted by molar-refractivity contribution is -0.118. The molecule has 1 atom stereocenters. The first-order chi connectivity index (χ1) is 8.15. The van der Waals surface area contributed by atoms with Crippen molar-refractivity contribution >= 4 is 34.3 Å². The molecule has 1 fully saturated rings. The van der Waals surface area contributed by atoms with E-state index in [-0.39, 0.29) is 12.0 Å². The zero-order chi connectivity index (χ0) is 12.3. The molecular weight excluding hydrogens is 331 g/mol. The fourth-order valence-corrected chi connectivity index (χ4v) is 2.12. The van der Waals surface area contributed by atoms with Crippen LogP contribution in [0.4, 0.5) is 5.82 Å². The molecule has 1 N–H and O–H groups in total. The van der Waals surface area contributed by atoms with Gasteiger partial charge in [-0.3, -0.25) is 4.79 Å². The zero-order valence-corrected chi connectivity index (χ0v) is 11.9. The van der Waals surface area contributed by atoms with E-state index in [0.717, 1.165) is 28.7 Å². The number of nitrogens with one attached hydrogen (secondary N) is 1. The quantitative estimate of drug-likeness (QED) is 0.856. The lowest BCUT2D eigenvalue weighted by atomic mass is 10.2. The smallest absolute Gasteiger partial charge is 0.228 e. The van der Waals surface area contributed by atoms with E-state index in [1.165, 1.54) is 0 Å². The Hall–Kier alpha value is -0.690. The normalized spacial score (nSPS) is 19.3. The number of carbonyl (C=O) groups excluding carboxylic acids is 1. The number of carbonyl (C=O) groups is 1. The summed E-state index contributed by atoms with van der Waals surface area (Å²) in [6.07, 6.45) is 2.54. The second kappa shape index (κ2) is 5.77. The van der Waals surface area contributed by atoms with Gasteiger partial charge in [0, 0.05) is 10.2 Å². The Bertz CT molecular complexity index is 417. The van der Waals surface area contributed by atoms with Crippen LogP contribution in [0, 0.1) is 10.5 Å². The Morgan fingerprint density at radius 2 is 2.47 bits per heavy atom. The maximum atomic E-state index is 11.7. The van der Waals surface area contributed by atoms with Gasteiger partial charge in [-0.15, -0.1) is 0 Å². The predicted octanol–water partition coefficient (Wildman–Crippen LogP) is 2.50. The van der Waals surface area contributed by atoms with Crippen LogP contribution in [0.25, 0.3) is 0 Å². The Labute approximate surface area is 114 Å². The van der Waals surface area contributed by atoms with Gasteiger partial charge in [-0.25, -0.2) is 4.98 Å². The van der Waals surface area contributed by atoms with Gasteiger partial charge in [-0.2, -0.15) is 0 Å². The van der Waals surface area contributed by atoms with E-state index in [4.69, 9.17) is 4.74 Å². The molecule has 1 aromatic heterocycles. The third-order valence-electron chi connectivity index (χ3n) is 2.73. The van der Waals surface area contributed by atoms with Gasteiger partial charge in [-0.05, 0) is 54.5 Å². The zero-order valence-electron chi connectivity index (χ0n) is 9.70. The molecule has 0 aliphatic carbocycles. The standard InChI is InChI=1S/C12H15IN2O2/c1-8-10(13)4-5-11(14-8)15-12(16)7-9-3-2-6-17-9/h4-5,9H,2-3,6-7H2,1H3,(H,14,15,16)/t9-/m1/s1. The summed E-state index contributed by atoms with van der Waals surface area (Å²) < 4.78 is 6.52. The molecule has 0 radical (unpaired) electrons. The molecule has 0 aromatic carbocycles. The number of amides is 1. The van der Waals surface area contributed by atoms with Crippen LogP contribution in [0.5, 0.6) is 0 Å². The van der Waals surface area contributed by atoms with Crippen molar-refractivity contribution in [3.05, 3.63) is 21.4 Å². The summed E-state index contributed by atoms with van der Waals surface area (Å²) in [7, 11) is 0. The molecule has 0 bridgehead atoms. The summed E-state index contributed by atoms with van der Waals surface area (Å²) in [4.78, 5) is 16.0. The molecule has 2 heterocycles. The van der Waals surface area contributed by atoms with Crippen molar-refractivity contribution in [1.82, 2.24) is 4.98 Å². The Balaban J connectivity index is 1.90. The number of hydrogen-bond acceptors (Lipinski definition) is 3. The first-order valence-electron chi connectivity index (χ1n) is 5.70. The topological polar surface area (TPSA) is 51.2 Å². The SMILES string of the molecule is Cc1nc(NC(=O)C[C@H]2CCCO2)ccc1I. The van der Waals surface area contributed by atoms with Gasteiger partial charge in [-0.1, -0.05) is 0 Å². The highest BCUT2D eigenvalue weighted by Crippen LogP contribution is 2.17. The molecule has 17 heavy (non-hydrogen) atoms. The van der Waals surface area contributed by atoms with Gasteiger partial charge in [0.05, 0.1) is 18.2 Å². The highest BCUT2D eigenvalue weighted by Gasteiger charge is 2.19. The highest BCUT2D eigenvalue weighted by molar-refractivity contribution is 14.1. The van der Waals surface area contributed by atoms with Crippen molar-refractivity contribution in [2.45, 2.75) is 32.3 Å². The van der Waals surface area contributed by atoms with E-state index in [0.29, 0.717) is 12.2 Å². The van der Waals surface area contributed by atoms with Gasteiger partial charge >= 0.3 is 0 Å². The summed E-state index contributed by atoms with van der Waals surface area (Å²) in [5, 5.41) is 2.80. The monoisotopic (exact) mass is 346 g/mol. The summed E-state index contributed by atoms with van der Waals surface area (Å²) in [6.45, 7) is 2.70. The van der Waals surface area contributed by atoms with Gasteiger partial charge in [0.2, 0.25) is 5.91 Å². The number of ether oxygens (including phenoxy) is 1. The van der Waals surface area contributed by atoms with Gasteiger partial charge in [0.1, 0.15) is 5.82 Å². The van der Waals surface area contributed by atoms with Crippen LogP contribution in [0.15, 0.2) is 12.1 Å². The Kier molecular flexibility index (Phi) is 4.33. The lowest BCUT2D eigenvalue weighted by Gasteiger charge is -2.09. The highest BCUT2D eigenvalue weighted by atomic mass is 127. The number of hydrogen-bond donors (Lipinski definition) is 1. The summed E-state index contributed by atoms with van der Waals surface area (Å²) >= 11 is 2.22. The Morgan fingerprint density at radius 1 is 1.65 bits per heavy atom. The van der Waals surface area contributed by atoms with Gasteiger partial charge in [0.15, 0.2) is 0 Å². The van der Waals surface area contributed by atoms with Crippen molar-refractivity contribution in [3.8, 4) is 0 Å². The largest absolute Gasteiger partial charge is 0.378 e. The average Bonchev–Trinajstić information content (AvgIpc) is 2.76. The fraction of sp³-hybridized carbons (Fsp3) is 0.500. The molecule has 2 rings (SSSR count). The third-order valence-corrected chi connectivity index (χ3v) is 3.87. The first-order valence-corrected chi connectivity index (χ1v) is 6.77. The number of anilines is 1. The van der Waals surface area contributed by atoms with E-state index in [2.05, 4.69) is 32.9 Å². The number of nitrogens with zero attached hydrogens (tertiary/aromatic N) is 1. The summed E-state index contributed by atoms with van der Waals surface area (Å²) in [5.74, 6) is 0.593. The predicted molar refractivity (Wildman–Crippen MR) is 73.9 cm³/mol. The number of aromatic nitrogens is 1. The molecule has 1 aliphatic rings. The molecule has 0 spiro atoms. The van der Waals surface area contributed by atoms with E-state index >= 15 is 0 Å². The van der Waals surface area contributed by atoms with Crippen molar-refractivity contribution in [3.63, 3.8) is 0 Å². The minimum atomic E-state index is -0.0231. The van der Waals surface area contributed by atoms with Gasteiger partial charge < -0.3 is 10.1 Å². The molecular formula is C12H15IN2O2. The maximum absolute atomic E-state index is 11.7. The molecule has 92 valence electrons. The Morgan fingerprint density at radius 3 is 3.12 bits per heavy atom. The summed E-state index contributed by atoms with van der Waals surface area (Å²) in [5.41, 5.74) is 0.931. The van der Waals surface area contributed by atoms with Gasteiger partial charge in [0.25, 0.3) is 0 Å². The fourth-order valence-electron chi connectivity index (χ4n) is 1.82. The van der Waals surface area contributed by atoms with Crippen molar-refractivity contribution < 1.29 is 9.53 Å². The van der Waals surface area contributed by atoms with Crippen LogP contribution in [0.1, 0.15) is 25.0 Å². The average molecular weight is 346 g/mol. The van der Waals surface area contributed by atoms with Crippen molar-refractivity contribution in [2.75, 3.05) is 11.9 Å². The molecule has 1 amide bonds. The molecule has 1 aromatic rings. The van der Waals surface area contributed by atoms with Crippen LogP contribution < -0.4 is 5.32 Å². The molecule has 1 aliphatic heterocycles. The van der Waals surface area contributed by atoms with Crippen LogP contribution in [-0.4, -0.2) is 23.6 Å².